The summed E-state index contributed by atoms with van der Waals surface area (Å²) < 4.78 is 16.2. The second-order valence-electron chi connectivity index (χ2n) is 6.30. The number of hydrogen-bond donors (Lipinski definition) is 1. The van der Waals surface area contributed by atoms with E-state index in [4.69, 9.17) is 14.2 Å². The molecule has 132 valence electrons. The van der Waals surface area contributed by atoms with Crippen molar-refractivity contribution >= 4 is 5.91 Å². The van der Waals surface area contributed by atoms with Crippen molar-refractivity contribution in [3.63, 3.8) is 0 Å². The van der Waals surface area contributed by atoms with Crippen molar-refractivity contribution in [3.05, 3.63) is 18.2 Å². The van der Waals surface area contributed by atoms with Gasteiger partial charge >= 0.3 is 0 Å². The molecule has 0 saturated carbocycles. The molecule has 0 aliphatic carbocycles. The number of carbonyl (C=O) groups is 1. The van der Waals surface area contributed by atoms with Crippen LogP contribution >= 0.6 is 0 Å². The second-order valence-corrected chi connectivity index (χ2v) is 6.30. The van der Waals surface area contributed by atoms with Gasteiger partial charge in [0.15, 0.2) is 11.5 Å². The van der Waals surface area contributed by atoms with E-state index in [1.54, 1.807) is 6.07 Å². The third-order valence-corrected chi connectivity index (χ3v) is 4.35. The molecule has 0 aromatic heterocycles. The van der Waals surface area contributed by atoms with E-state index in [1.165, 1.54) is 0 Å². The number of fused-ring (bicyclic) bond motifs is 1. The number of piperazine rings is 1. The van der Waals surface area contributed by atoms with E-state index in [9.17, 15) is 4.79 Å². The number of rotatable bonds is 6. The molecule has 1 saturated heterocycles. The number of nitrogens with zero attached hydrogens (tertiary/aromatic N) is 2. The fourth-order valence-electron chi connectivity index (χ4n) is 2.98. The van der Waals surface area contributed by atoms with Gasteiger partial charge in [-0.15, -0.1) is 0 Å². The van der Waals surface area contributed by atoms with Crippen molar-refractivity contribution in [1.29, 1.82) is 0 Å². The van der Waals surface area contributed by atoms with Crippen molar-refractivity contribution in [2.24, 2.45) is 0 Å². The van der Waals surface area contributed by atoms with E-state index >= 15 is 0 Å². The number of amides is 1. The summed E-state index contributed by atoms with van der Waals surface area (Å²) in [6.45, 7) is 6.69. The molecule has 1 amide bonds. The van der Waals surface area contributed by atoms with Gasteiger partial charge in [-0.25, -0.2) is 0 Å². The Balaban J connectivity index is 1.35. The first-order valence-corrected chi connectivity index (χ1v) is 8.33. The topological polar surface area (TPSA) is 63.3 Å². The summed E-state index contributed by atoms with van der Waals surface area (Å²) in [5.74, 6) is 2.18. The lowest BCUT2D eigenvalue weighted by atomic mass is 10.2. The van der Waals surface area contributed by atoms with Crippen molar-refractivity contribution in [3.8, 4) is 17.2 Å². The van der Waals surface area contributed by atoms with Gasteiger partial charge in [-0.3, -0.25) is 9.69 Å². The maximum Gasteiger partial charge on any atom is 0.234 e. The molecule has 3 rings (SSSR count). The Morgan fingerprint density at radius 1 is 1.33 bits per heavy atom. The molecule has 24 heavy (non-hydrogen) atoms. The Bertz CT molecular complexity index is 581. The molecule has 1 atom stereocenters. The monoisotopic (exact) mass is 335 g/mol. The first-order chi connectivity index (χ1) is 11.6. The molecule has 2 aliphatic heterocycles. The maximum absolute atomic E-state index is 12.0. The Kier molecular flexibility index (Phi) is 5.42. The standard InChI is InChI=1S/C17H25N3O4/c1-13-10-19(2)6-7-20(13)11-17(21)18-5-8-22-14-3-4-15-16(9-14)24-12-23-15/h3-4,9,13H,5-8,10-12H2,1-2H3,(H,18,21)/t13-/m1/s1. The molecule has 7 heteroatoms. The number of ether oxygens (including phenoxy) is 3. The van der Waals surface area contributed by atoms with E-state index in [0.717, 1.165) is 25.4 Å². The van der Waals surface area contributed by atoms with Crippen LogP contribution in [0.4, 0.5) is 0 Å². The van der Waals surface area contributed by atoms with E-state index in [2.05, 4.69) is 29.1 Å². The largest absolute Gasteiger partial charge is 0.492 e. The average molecular weight is 335 g/mol. The fourth-order valence-corrected chi connectivity index (χ4v) is 2.98. The summed E-state index contributed by atoms with van der Waals surface area (Å²) in [6, 6.07) is 5.86. The number of hydrogen-bond acceptors (Lipinski definition) is 6. The molecular formula is C17H25N3O4. The van der Waals surface area contributed by atoms with Crippen LogP contribution in [-0.4, -0.2) is 74.9 Å². The number of carbonyl (C=O) groups excluding carboxylic acids is 1. The van der Waals surface area contributed by atoms with Gasteiger partial charge in [0, 0.05) is 31.7 Å². The van der Waals surface area contributed by atoms with Crippen LogP contribution in [0.25, 0.3) is 0 Å². The van der Waals surface area contributed by atoms with E-state index in [0.29, 0.717) is 37.2 Å². The zero-order chi connectivity index (χ0) is 16.9. The van der Waals surface area contributed by atoms with Crippen LogP contribution in [0.3, 0.4) is 0 Å². The normalized spacial score (nSPS) is 20.8. The molecule has 7 nitrogen and oxygen atoms in total. The summed E-state index contributed by atoms with van der Waals surface area (Å²) in [4.78, 5) is 16.6. The first kappa shape index (κ1) is 16.9. The number of likely N-dealkylation sites (N-methyl/N-ethyl adjacent to an activating group) is 1. The summed E-state index contributed by atoms with van der Waals surface area (Å²) in [5.41, 5.74) is 0. The van der Waals surface area contributed by atoms with E-state index < -0.39 is 0 Å². The molecule has 0 radical (unpaired) electrons. The lowest BCUT2D eigenvalue weighted by Gasteiger charge is -2.37. The van der Waals surface area contributed by atoms with Crippen molar-refractivity contribution < 1.29 is 19.0 Å². The maximum atomic E-state index is 12.0. The van der Waals surface area contributed by atoms with Crippen LogP contribution in [0.5, 0.6) is 17.2 Å². The van der Waals surface area contributed by atoms with E-state index in [-0.39, 0.29) is 12.7 Å². The molecule has 2 heterocycles. The van der Waals surface area contributed by atoms with Crippen LogP contribution in [0, 0.1) is 0 Å². The lowest BCUT2D eigenvalue weighted by Crippen LogP contribution is -2.53. The van der Waals surface area contributed by atoms with Crippen molar-refractivity contribution in [2.45, 2.75) is 13.0 Å². The summed E-state index contributed by atoms with van der Waals surface area (Å²) in [6.07, 6.45) is 0. The molecule has 1 N–H and O–H groups in total. The van der Waals surface area contributed by atoms with Crippen molar-refractivity contribution in [1.82, 2.24) is 15.1 Å². The Morgan fingerprint density at radius 2 is 2.17 bits per heavy atom. The Hall–Kier alpha value is -1.99. The summed E-state index contributed by atoms with van der Waals surface area (Å²) in [5, 5.41) is 2.91. The lowest BCUT2D eigenvalue weighted by molar-refractivity contribution is -0.123. The number of benzene rings is 1. The minimum Gasteiger partial charge on any atom is -0.492 e. The smallest absolute Gasteiger partial charge is 0.234 e. The van der Waals surface area contributed by atoms with Gasteiger partial charge in [-0.05, 0) is 26.1 Å². The third-order valence-electron chi connectivity index (χ3n) is 4.35. The highest BCUT2D eigenvalue weighted by molar-refractivity contribution is 5.78. The quantitative estimate of drug-likeness (QED) is 0.766. The van der Waals surface area contributed by atoms with Crippen molar-refractivity contribution in [2.75, 3.05) is 53.2 Å². The summed E-state index contributed by atoms with van der Waals surface area (Å²) >= 11 is 0. The highest BCUT2D eigenvalue weighted by Crippen LogP contribution is 2.34. The summed E-state index contributed by atoms with van der Waals surface area (Å²) in [7, 11) is 2.11. The molecule has 1 aromatic rings. The van der Waals surface area contributed by atoms with Gasteiger partial charge in [0.25, 0.3) is 0 Å². The van der Waals surface area contributed by atoms with Gasteiger partial charge in [-0.1, -0.05) is 0 Å². The molecule has 0 bridgehead atoms. The second kappa shape index (κ2) is 7.72. The fraction of sp³-hybridized carbons (Fsp3) is 0.588. The molecule has 2 aliphatic rings. The molecular weight excluding hydrogens is 310 g/mol. The first-order valence-electron chi connectivity index (χ1n) is 8.33. The Labute approximate surface area is 142 Å². The predicted molar refractivity (Wildman–Crippen MR) is 89.6 cm³/mol. The molecule has 0 spiro atoms. The molecule has 1 aromatic carbocycles. The number of nitrogens with one attached hydrogen (secondary N) is 1. The van der Waals surface area contributed by atoms with Gasteiger partial charge < -0.3 is 24.4 Å². The van der Waals surface area contributed by atoms with Crippen LogP contribution in [0.15, 0.2) is 18.2 Å². The minimum atomic E-state index is 0.0423. The average Bonchev–Trinajstić information content (AvgIpc) is 3.02. The van der Waals surface area contributed by atoms with Crippen LogP contribution in [0.1, 0.15) is 6.92 Å². The predicted octanol–water partition coefficient (Wildman–Crippen LogP) is 0.546. The van der Waals surface area contributed by atoms with E-state index in [1.807, 2.05) is 12.1 Å². The zero-order valence-corrected chi connectivity index (χ0v) is 14.3. The third kappa shape index (κ3) is 4.30. The van der Waals surface area contributed by atoms with Crippen LogP contribution < -0.4 is 19.5 Å². The molecule has 0 unspecified atom stereocenters. The van der Waals surface area contributed by atoms with Crippen LogP contribution in [0.2, 0.25) is 0 Å². The SMILES string of the molecule is C[C@@H]1CN(C)CCN1CC(=O)NCCOc1ccc2c(c1)OCO2. The van der Waals surface area contributed by atoms with Crippen LogP contribution in [-0.2, 0) is 4.79 Å². The van der Waals surface area contributed by atoms with Gasteiger partial charge in [0.05, 0.1) is 13.1 Å². The minimum absolute atomic E-state index is 0.0423. The Morgan fingerprint density at radius 3 is 3.00 bits per heavy atom. The van der Waals surface area contributed by atoms with Gasteiger partial charge in [-0.2, -0.15) is 0 Å². The van der Waals surface area contributed by atoms with Gasteiger partial charge in [0.2, 0.25) is 12.7 Å². The highest BCUT2D eigenvalue weighted by Gasteiger charge is 2.23. The van der Waals surface area contributed by atoms with Gasteiger partial charge in [0.1, 0.15) is 12.4 Å². The highest BCUT2D eigenvalue weighted by atomic mass is 16.7. The zero-order valence-electron chi connectivity index (χ0n) is 14.3. The molecule has 1 fully saturated rings.